The van der Waals surface area contributed by atoms with E-state index in [0.29, 0.717) is 10.4 Å². The molecule has 1 atom stereocenters. The number of rotatable bonds is 4. The van der Waals surface area contributed by atoms with Crippen LogP contribution in [0.4, 0.5) is 4.79 Å². The number of hydrogen-bond acceptors (Lipinski definition) is 5. The van der Waals surface area contributed by atoms with Crippen LogP contribution in [-0.2, 0) is 16.1 Å². The molecular weight excluding hydrogens is 298 g/mol. The van der Waals surface area contributed by atoms with Crippen LogP contribution in [0.5, 0.6) is 0 Å². The van der Waals surface area contributed by atoms with Crippen LogP contribution in [0.1, 0.15) is 28.1 Å². The first kappa shape index (κ1) is 15.0. The molecule has 1 unspecified atom stereocenters. The predicted molar refractivity (Wildman–Crippen MR) is 72.8 cm³/mol. The van der Waals surface area contributed by atoms with Crippen LogP contribution in [0.25, 0.3) is 0 Å². The third kappa shape index (κ3) is 3.78. The van der Waals surface area contributed by atoms with E-state index in [1.54, 1.807) is 11.4 Å². The summed E-state index contributed by atoms with van der Waals surface area (Å²) in [5.74, 6) is -1.35. The van der Waals surface area contributed by atoms with Crippen molar-refractivity contribution in [2.24, 2.45) is 0 Å². The van der Waals surface area contributed by atoms with Crippen LogP contribution in [-0.4, -0.2) is 35.0 Å². The number of carboxylic acid groups (broad SMARTS) is 1. The van der Waals surface area contributed by atoms with Gasteiger partial charge in [0.1, 0.15) is 6.04 Å². The summed E-state index contributed by atoms with van der Waals surface area (Å²) in [6, 6.07) is 0.806. The summed E-state index contributed by atoms with van der Waals surface area (Å²) >= 11 is 1.24. The van der Waals surface area contributed by atoms with Gasteiger partial charge >= 0.3 is 6.09 Å². The molecule has 0 aromatic carbocycles. The summed E-state index contributed by atoms with van der Waals surface area (Å²) in [7, 11) is 0. The lowest BCUT2D eigenvalue weighted by atomic mass is 10.1. The Hall–Kier alpha value is -2.42. The molecule has 0 spiro atoms. The van der Waals surface area contributed by atoms with Gasteiger partial charge in [0, 0.05) is 11.3 Å². The van der Waals surface area contributed by atoms with Crippen molar-refractivity contribution < 1.29 is 24.3 Å². The highest BCUT2D eigenvalue weighted by Crippen LogP contribution is 2.17. The maximum Gasteiger partial charge on any atom is 0.404 e. The molecular formula is C12H13N3O5S. The zero-order valence-corrected chi connectivity index (χ0v) is 11.7. The molecule has 0 saturated carbocycles. The first-order chi connectivity index (χ1) is 9.97. The summed E-state index contributed by atoms with van der Waals surface area (Å²) in [5, 5.41) is 17.1. The van der Waals surface area contributed by atoms with E-state index < -0.39 is 23.9 Å². The molecule has 1 aliphatic rings. The monoisotopic (exact) mass is 311 g/mol. The Kier molecular flexibility index (Phi) is 4.53. The molecule has 1 fully saturated rings. The number of hydrogen-bond donors (Lipinski definition) is 4. The minimum Gasteiger partial charge on any atom is -0.465 e. The normalized spacial score (nSPS) is 18.0. The Labute approximate surface area is 123 Å². The number of piperidine rings is 1. The quantitative estimate of drug-likeness (QED) is 0.585. The van der Waals surface area contributed by atoms with E-state index in [4.69, 9.17) is 5.11 Å². The second-order valence-corrected chi connectivity index (χ2v) is 5.39. The molecule has 1 saturated heterocycles. The van der Waals surface area contributed by atoms with Crippen LogP contribution in [0, 0.1) is 0 Å². The van der Waals surface area contributed by atoms with Gasteiger partial charge in [-0.15, -0.1) is 11.3 Å². The number of thiophene rings is 1. The van der Waals surface area contributed by atoms with Gasteiger partial charge in [0.25, 0.3) is 5.91 Å². The van der Waals surface area contributed by atoms with E-state index in [9.17, 15) is 19.2 Å². The summed E-state index contributed by atoms with van der Waals surface area (Å²) in [6.45, 7) is 0.0190. The maximum absolute atomic E-state index is 12.1. The lowest BCUT2D eigenvalue weighted by Crippen LogP contribution is -2.52. The minimum absolute atomic E-state index is 0.0190. The Morgan fingerprint density at radius 3 is 2.86 bits per heavy atom. The largest absolute Gasteiger partial charge is 0.465 e. The summed E-state index contributed by atoms with van der Waals surface area (Å²) in [5.41, 5.74) is 0.318. The SMILES string of the molecule is O=C(O)NCc1sccc1C(=O)NC1CCC(=O)NC1=O. The standard InChI is InChI=1S/C12H13N3O5S/c16-9-2-1-7(11(18)15-9)14-10(17)6-3-4-21-8(6)5-13-12(19)20/h3-4,7,13H,1-2,5H2,(H,14,17)(H,19,20)(H,15,16,18). The Bertz CT molecular complexity index is 597. The molecule has 0 radical (unpaired) electrons. The Balaban J connectivity index is 2.00. The zero-order valence-electron chi connectivity index (χ0n) is 10.8. The van der Waals surface area contributed by atoms with E-state index in [1.807, 2.05) is 0 Å². The van der Waals surface area contributed by atoms with E-state index in [-0.39, 0.29) is 25.3 Å². The topological polar surface area (TPSA) is 125 Å². The third-order valence-corrected chi connectivity index (χ3v) is 3.86. The van der Waals surface area contributed by atoms with Crippen LogP contribution < -0.4 is 16.0 Å². The van der Waals surface area contributed by atoms with Gasteiger partial charge in [-0.25, -0.2) is 4.79 Å². The molecule has 0 bridgehead atoms. The van der Waals surface area contributed by atoms with Crippen molar-refractivity contribution in [2.75, 3.05) is 0 Å². The highest BCUT2D eigenvalue weighted by molar-refractivity contribution is 7.10. The van der Waals surface area contributed by atoms with Gasteiger partial charge in [0.05, 0.1) is 12.1 Å². The van der Waals surface area contributed by atoms with Gasteiger partial charge in [0.15, 0.2) is 0 Å². The number of carbonyl (C=O) groups is 4. The van der Waals surface area contributed by atoms with Crippen molar-refractivity contribution in [3.8, 4) is 0 Å². The van der Waals surface area contributed by atoms with E-state index >= 15 is 0 Å². The van der Waals surface area contributed by atoms with E-state index in [1.165, 1.54) is 11.3 Å². The van der Waals surface area contributed by atoms with Crippen LogP contribution in [0.2, 0.25) is 0 Å². The summed E-state index contributed by atoms with van der Waals surface area (Å²) in [4.78, 5) is 45.8. The smallest absolute Gasteiger partial charge is 0.404 e. The van der Waals surface area contributed by atoms with Gasteiger partial charge in [-0.2, -0.15) is 0 Å². The van der Waals surface area contributed by atoms with Crippen LogP contribution in [0.3, 0.4) is 0 Å². The lowest BCUT2D eigenvalue weighted by molar-refractivity contribution is -0.134. The second kappa shape index (κ2) is 6.35. The highest BCUT2D eigenvalue weighted by atomic mass is 32.1. The van der Waals surface area contributed by atoms with Crippen molar-refractivity contribution in [3.05, 3.63) is 21.9 Å². The van der Waals surface area contributed by atoms with E-state index in [0.717, 1.165) is 0 Å². The number of carbonyl (C=O) groups excluding carboxylic acids is 3. The fraction of sp³-hybridized carbons (Fsp3) is 0.333. The molecule has 9 heteroatoms. The zero-order chi connectivity index (χ0) is 15.4. The predicted octanol–water partition coefficient (Wildman–Crippen LogP) is 0.0507. The minimum atomic E-state index is -1.18. The molecule has 4 N–H and O–H groups in total. The fourth-order valence-electron chi connectivity index (χ4n) is 1.90. The Morgan fingerprint density at radius 1 is 1.43 bits per heavy atom. The fourth-order valence-corrected chi connectivity index (χ4v) is 2.71. The van der Waals surface area contributed by atoms with Gasteiger partial charge in [-0.05, 0) is 17.9 Å². The average molecular weight is 311 g/mol. The van der Waals surface area contributed by atoms with Gasteiger partial charge < -0.3 is 15.7 Å². The molecule has 0 aliphatic carbocycles. The molecule has 1 aliphatic heterocycles. The molecule has 1 aromatic rings. The van der Waals surface area contributed by atoms with Crippen LogP contribution >= 0.6 is 11.3 Å². The second-order valence-electron chi connectivity index (χ2n) is 4.39. The average Bonchev–Trinajstić information content (AvgIpc) is 2.88. The maximum atomic E-state index is 12.1. The van der Waals surface area contributed by atoms with E-state index in [2.05, 4.69) is 16.0 Å². The van der Waals surface area contributed by atoms with Crippen molar-refractivity contribution in [1.82, 2.24) is 16.0 Å². The first-order valence-corrected chi connectivity index (χ1v) is 7.03. The van der Waals surface area contributed by atoms with Gasteiger partial charge in [-0.3, -0.25) is 19.7 Å². The summed E-state index contributed by atoms with van der Waals surface area (Å²) in [6.07, 6.45) is -0.753. The van der Waals surface area contributed by atoms with Crippen molar-refractivity contribution in [2.45, 2.75) is 25.4 Å². The molecule has 1 aromatic heterocycles. The first-order valence-electron chi connectivity index (χ1n) is 6.15. The molecule has 2 rings (SSSR count). The number of nitrogens with one attached hydrogen (secondary N) is 3. The number of imide groups is 1. The molecule has 112 valence electrons. The molecule has 21 heavy (non-hydrogen) atoms. The molecule has 8 nitrogen and oxygen atoms in total. The van der Waals surface area contributed by atoms with Crippen molar-refractivity contribution in [3.63, 3.8) is 0 Å². The van der Waals surface area contributed by atoms with Gasteiger partial charge in [0.2, 0.25) is 11.8 Å². The Morgan fingerprint density at radius 2 is 2.19 bits per heavy atom. The lowest BCUT2D eigenvalue weighted by Gasteiger charge is -2.21. The van der Waals surface area contributed by atoms with Gasteiger partial charge in [-0.1, -0.05) is 0 Å². The highest BCUT2D eigenvalue weighted by Gasteiger charge is 2.28. The van der Waals surface area contributed by atoms with Crippen molar-refractivity contribution in [1.29, 1.82) is 0 Å². The van der Waals surface area contributed by atoms with Crippen molar-refractivity contribution >= 4 is 35.2 Å². The molecule has 4 amide bonds. The molecule has 2 heterocycles. The third-order valence-electron chi connectivity index (χ3n) is 2.93. The number of amides is 4. The van der Waals surface area contributed by atoms with Crippen LogP contribution in [0.15, 0.2) is 11.4 Å². The summed E-state index contributed by atoms with van der Waals surface area (Å²) < 4.78 is 0.